The molecule has 16 heavy (non-hydrogen) atoms. The van der Waals surface area contributed by atoms with Crippen LogP contribution in [-0.4, -0.2) is 25.1 Å². The van der Waals surface area contributed by atoms with E-state index in [4.69, 9.17) is 0 Å². The van der Waals surface area contributed by atoms with Gasteiger partial charge in [-0.25, -0.2) is 9.37 Å². The highest BCUT2D eigenvalue weighted by molar-refractivity contribution is 5.47. The summed E-state index contributed by atoms with van der Waals surface area (Å²) in [4.78, 5) is 6.39. The van der Waals surface area contributed by atoms with Gasteiger partial charge in [0, 0.05) is 25.2 Å². The first-order valence-corrected chi connectivity index (χ1v) is 5.74. The second-order valence-corrected chi connectivity index (χ2v) is 4.36. The van der Waals surface area contributed by atoms with Crippen molar-refractivity contribution in [2.75, 3.05) is 19.0 Å². The lowest BCUT2D eigenvalue weighted by Gasteiger charge is -2.36. The van der Waals surface area contributed by atoms with Crippen LogP contribution in [0.5, 0.6) is 0 Å². The van der Waals surface area contributed by atoms with Gasteiger partial charge in [-0.05, 0) is 32.4 Å². The minimum atomic E-state index is -0.268. The molecule has 0 spiro atoms. The molecule has 4 heteroatoms. The quantitative estimate of drug-likeness (QED) is 0.845. The summed E-state index contributed by atoms with van der Waals surface area (Å²) in [5, 5.41) is 3.05. The summed E-state index contributed by atoms with van der Waals surface area (Å²) in [7, 11) is 3.90. The van der Waals surface area contributed by atoms with E-state index in [-0.39, 0.29) is 5.82 Å². The van der Waals surface area contributed by atoms with Crippen LogP contribution in [0.2, 0.25) is 0 Å². The first kappa shape index (κ1) is 11.3. The Hall–Kier alpha value is -1.16. The van der Waals surface area contributed by atoms with Gasteiger partial charge in [0.25, 0.3) is 0 Å². The summed E-state index contributed by atoms with van der Waals surface area (Å²) in [6.45, 7) is 0.650. The van der Waals surface area contributed by atoms with E-state index in [9.17, 15) is 4.39 Å². The van der Waals surface area contributed by atoms with Crippen LogP contribution in [0.4, 0.5) is 10.2 Å². The fraction of sp³-hybridized carbons (Fsp3) is 0.583. The SMILES string of the molecule is CNCc1cc(F)cnc1N(C)C1CCC1. The van der Waals surface area contributed by atoms with E-state index in [1.165, 1.54) is 25.5 Å². The van der Waals surface area contributed by atoms with Gasteiger partial charge in [0.15, 0.2) is 0 Å². The molecule has 1 fully saturated rings. The minimum Gasteiger partial charge on any atom is -0.356 e. The van der Waals surface area contributed by atoms with Crippen LogP contribution in [0.25, 0.3) is 0 Å². The number of nitrogens with zero attached hydrogens (tertiary/aromatic N) is 2. The van der Waals surface area contributed by atoms with Crippen molar-refractivity contribution in [2.24, 2.45) is 0 Å². The minimum absolute atomic E-state index is 0.268. The molecule has 0 aliphatic heterocycles. The lowest BCUT2D eigenvalue weighted by molar-refractivity contribution is 0.398. The third-order valence-electron chi connectivity index (χ3n) is 3.23. The molecule has 0 amide bonds. The number of rotatable bonds is 4. The predicted molar refractivity (Wildman–Crippen MR) is 63.0 cm³/mol. The van der Waals surface area contributed by atoms with Crippen LogP contribution in [0.1, 0.15) is 24.8 Å². The largest absolute Gasteiger partial charge is 0.356 e. The molecule has 1 aliphatic rings. The highest BCUT2D eigenvalue weighted by atomic mass is 19.1. The molecule has 1 heterocycles. The van der Waals surface area contributed by atoms with E-state index in [2.05, 4.69) is 15.2 Å². The number of hydrogen-bond donors (Lipinski definition) is 1. The Morgan fingerprint density at radius 3 is 2.88 bits per heavy atom. The van der Waals surface area contributed by atoms with E-state index < -0.39 is 0 Å². The molecule has 0 saturated heterocycles. The van der Waals surface area contributed by atoms with Crippen molar-refractivity contribution < 1.29 is 4.39 Å². The summed E-state index contributed by atoms with van der Waals surface area (Å²) in [5.74, 6) is 0.636. The number of pyridine rings is 1. The zero-order valence-electron chi connectivity index (χ0n) is 9.83. The molecule has 3 nitrogen and oxygen atoms in total. The number of halogens is 1. The fourth-order valence-electron chi connectivity index (χ4n) is 2.06. The summed E-state index contributed by atoms with van der Waals surface area (Å²) in [5.41, 5.74) is 0.928. The normalized spacial score (nSPS) is 15.9. The van der Waals surface area contributed by atoms with Crippen molar-refractivity contribution in [1.82, 2.24) is 10.3 Å². The van der Waals surface area contributed by atoms with Gasteiger partial charge in [0.1, 0.15) is 11.6 Å². The average Bonchev–Trinajstić information content (AvgIpc) is 2.15. The molecule has 1 N–H and O–H groups in total. The van der Waals surface area contributed by atoms with E-state index in [1.807, 2.05) is 14.1 Å². The van der Waals surface area contributed by atoms with Crippen molar-refractivity contribution in [1.29, 1.82) is 0 Å². The zero-order chi connectivity index (χ0) is 11.5. The summed E-state index contributed by atoms with van der Waals surface area (Å²) in [6, 6.07) is 2.14. The monoisotopic (exact) mass is 223 g/mol. The summed E-state index contributed by atoms with van der Waals surface area (Å²) < 4.78 is 13.1. The van der Waals surface area contributed by atoms with Crippen LogP contribution in [0.3, 0.4) is 0 Å². The smallest absolute Gasteiger partial charge is 0.141 e. The van der Waals surface area contributed by atoms with Crippen LogP contribution >= 0.6 is 0 Å². The zero-order valence-corrected chi connectivity index (χ0v) is 9.83. The predicted octanol–water partition coefficient (Wildman–Crippen LogP) is 1.93. The molecule has 0 atom stereocenters. The van der Waals surface area contributed by atoms with Gasteiger partial charge < -0.3 is 10.2 Å². The van der Waals surface area contributed by atoms with Gasteiger partial charge in [-0.15, -0.1) is 0 Å². The number of nitrogens with one attached hydrogen (secondary N) is 1. The van der Waals surface area contributed by atoms with Crippen molar-refractivity contribution in [3.05, 3.63) is 23.6 Å². The maximum atomic E-state index is 13.1. The van der Waals surface area contributed by atoms with Crippen molar-refractivity contribution in [2.45, 2.75) is 31.8 Å². The highest BCUT2D eigenvalue weighted by Crippen LogP contribution is 2.29. The third-order valence-corrected chi connectivity index (χ3v) is 3.23. The fourth-order valence-corrected chi connectivity index (χ4v) is 2.06. The Morgan fingerprint density at radius 1 is 1.56 bits per heavy atom. The second-order valence-electron chi connectivity index (χ2n) is 4.36. The number of anilines is 1. The maximum Gasteiger partial charge on any atom is 0.141 e. The first-order chi connectivity index (χ1) is 7.72. The Morgan fingerprint density at radius 2 is 2.31 bits per heavy atom. The van der Waals surface area contributed by atoms with Crippen LogP contribution in [0.15, 0.2) is 12.3 Å². The third kappa shape index (κ3) is 2.16. The highest BCUT2D eigenvalue weighted by Gasteiger charge is 2.24. The summed E-state index contributed by atoms with van der Waals surface area (Å²) in [6.07, 6.45) is 5.02. The molecule has 0 radical (unpaired) electrons. The van der Waals surface area contributed by atoms with E-state index in [0.29, 0.717) is 12.6 Å². The van der Waals surface area contributed by atoms with Gasteiger partial charge in [-0.2, -0.15) is 0 Å². The van der Waals surface area contributed by atoms with Crippen molar-refractivity contribution in [3.8, 4) is 0 Å². The van der Waals surface area contributed by atoms with Crippen LogP contribution in [0, 0.1) is 5.82 Å². The van der Waals surface area contributed by atoms with Crippen LogP contribution in [-0.2, 0) is 6.54 Å². The van der Waals surface area contributed by atoms with Gasteiger partial charge in [-0.3, -0.25) is 0 Å². The topological polar surface area (TPSA) is 28.2 Å². The second kappa shape index (κ2) is 4.78. The maximum absolute atomic E-state index is 13.1. The van der Waals surface area contributed by atoms with Crippen molar-refractivity contribution in [3.63, 3.8) is 0 Å². The Balaban J connectivity index is 2.23. The summed E-state index contributed by atoms with van der Waals surface area (Å²) >= 11 is 0. The van der Waals surface area contributed by atoms with Crippen LogP contribution < -0.4 is 10.2 Å². The molecule has 0 unspecified atom stereocenters. The van der Waals surface area contributed by atoms with E-state index in [1.54, 1.807) is 6.07 Å². The van der Waals surface area contributed by atoms with Gasteiger partial charge in [0.2, 0.25) is 0 Å². The lowest BCUT2D eigenvalue weighted by atomic mass is 9.91. The molecule has 1 aromatic heterocycles. The standard InChI is InChI=1S/C12H18FN3/c1-14-7-9-6-10(13)8-15-12(9)16(2)11-4-3-5-11/h6,8,11,14H,3-5,7H2,1-2H3. The van der Waals surface area contributed by atoms with Crippen molar-refractivity contribution >= 4 is 5.82 Å². The van der Waals surface area contributed by atoms with Gasteiger partial charge >= 0.3 is 0 Å². The Labute approximate surface area is 95.7 Å². The lowest BCUT2D eigenvalue weighted by Crippen LogP contribution is -2.38. The molecular weight excluding hydrogens is 205 g/mol. The first-order valence-electron chi connectivity index (χ1n) is 5.74. The number of hydrogen-bond acceptors (Lipinski definition) is 3. The van der Waals surface area contributed by atoms with E-state index in [0.717, 1.165) is 11.4 Å². The molecule has 1 saturated carbocycles. The van der Waals surface area contributed by atoms with Gasteiger partial charge in [-0.1, -0.05) is 0 Å². The molecule has 2 rings (SSSR count). The van der Waals surface area contributed by atoms with Gasteiger partial charge in [0.05, 0.1) is 6.20 Å². The molecule has 1 aliphatic carbocycles. The number of aromatic nitrogens is 1. The molecule has 1 aromatic rings. The Bertz CT molecular complexity index is 363. The Kier molecular flexibility index (Phi) is 3.39. The molecule has 88 valence electrons. The van der Waals surface area contributed by atoms with E-state index >= 15 is 0 Å². The average molecular weight is 223 g/mol. The molecule has 0 aromatic carbocycles. The molecular formula is C12H18FN3. The molecule has 0 bridgehead atoms.